The average molecular weight is 269 g/mol. The van der Waals surface area contributed by atoms with E-state index in [1.165, 1.54) is 0 Å². The van der Waals surface area contributed by atoms with Crippen molar-refractivity contribution < 1.29 is 14.1 Å². The van der Waals surface area contributed by atoms with Gasteiger partial charge in [0.1, 0.15) is 0 Å². The molecule has 0 aliphatic carbocycles. The van der Waals surface area contributed by atoms with E-state index >= 15 is 0 Å². The number of hydrogen-bond acceptors (Lipinski definition) is 3. The Hall–Kier alpha value is -1.20. The highest BCUT2D eigenvalue weighted by Crippen LogP contribution is 2.09. The molecule has 18 heavy (non-hydrogen) atoms. The summed E-state index contributed by atoms with van der Waals surface area (Å²) in [7, 11) is -0.930. The van der Waals surface area contributed by atoms with Crippen molar-refractivity contribution in [1.29, 1.82) is 0 Å². The normalized spacial score (nSPS) is 13.1. The highest BCUT2D eigenvalue weighted by molar-refractivity contribution is 7.83. The zero-order valence-corrected chi connectivity index (χ0v) is 11.7. The van der Waals surface area contributed by atoms with Gasteiger partial charge in [0.2, 0.25) is 0 Å². The summed E-state index contributed by atoms with van der Waals surface area (Å²) in [6, 6.07) is 7.04. The molecule has 1 atom stereocenters. The molecule has 0 spiro atoms. The summed E-state index contributed by atoms with van der Waals surface area (Å²) in [5, 5.41) is 11.8. The standard InChI is InChI=1S/C13H19NO3S/c1-13(2,9-15)14-12(16)11-6-4-5-10(7-11)8-18(3)17/h4-7,15H,8-9H2,1-3H3,(H,14,16). The average Bonchev–Trinajstić information content (AvgIpc) is 2.28. The van der Waals surface area contributed by atoms with Gasteiger partial charge in [-0.25, -0.2) is 0 Å². The lowest BCUT2D eigenvalue weighted by molar-refractivity contribution is 0.0869. The largest absolute Gasteiger partial charge is 0.394 e. The van der Waals surface area contributed by atoms with Crippen LogP contribution in [-0.2, 0) is 16.6 Å². The van der Waals surface area contributed by atoms with Crippen LogP contribution < -0.4 is 5.32 Å². The molecule has 1 amide bonds. The van der Waals surface area contributed by atoms with Gasteiger partial charge in [0, 0.05) is 28.4 Å². The molecule has 0 radical (unpaired) electrons. The quantitative estimate of drug-likeness (QED) is 0.840. The van der Waals surface area contributed by atoms with Crippen LogP contribution in [0.1, 0.15) is 29.8 Å². The fourth-order valence-corrected chi connectivity index (χ4v) is 2.11. The molecule has 0 aliphatic rings. The van der Waals surface area contributed by atoms with Crippen LogP contribution in [0.25, 0.3) is 0 Å². The first-order valence-electron chi connectivity index (χ1n) is 5.66. The van der Waals surface area contributed by atoms with Gasteiger partial charge in [-0.3, -0.25) is 9.00 Å². The summed E-state index contributed by atoms with van der Waals surface area (Å²) in [5.74, 6) is 0.197. The van der Waals surface area contributed by atoms with Gasteiger partial charge < -0.3 is 10.4 Å². The number of amides is 1. The van der Waals surface area contributed by atoms with Crippen LogP contribution in [0.15, 0.2) is 24.3 Å². The number of carbonyl (C=O) groups excluding carboxylic acids is 1. The van der Waals surface area contributed by atoms with Crippen LogP contribution in [0.5, 0.6) is 0 Å². The van der Waals surface area contributed by atoms with Gasteiger partial charge in [-0.15, -0.1) is 0 Å². The number of rotatable bonds is 5. The summed E-state index contributed by atoms with van der Waals surface area (Å²) >= 11 is 0. The molecule has 1 unspecified atom stereocenters. The third-order valence-corrected chi connectivity index (χ3v) is 3.15. The number of aliphatic hydroxyl groups is 1. The van der Waals surface area contributed by atoms with Gasteiger partial charge in [0.05, 0.1) is 12.1 Å². The minimum Gasteiger partial charge on any atom is -0.394 e. The molecule has 2 N–H and O–H groups in total. The highest BCUT2D eigenvalue weighted by Gasteiger charge is 2.20. The van der Waals surface area contributed by atoms with E-state index in [4.69, 9.17) is 5.11 Å². The van der Waals surface area contributed by atoms with E-state index in [1.807, 2.05) is 6.07 Å². The van der Waals surface area contributed by atoms with Crippen molar-refractivity contribution >= 4 is 16.7 Å². The predicted molar refractivity (Wildman–Crippen MR) is 72.8 cm³/mol. The molecule has 1 rings (SSSR count). The maximum atomic E-state index is 12.0. The van der Waals surface area contributed by atoms with Crippen LogP contribution in [-0.4, -0.2) is 33.6 Å². The monoisotopic (exact) mass is 269 g/mol. The molecular weight excluding hydrogens is 250 g/mol. The van der Waals surface area contributed by atoms with Crippen molar-refractivity contribution in [2.45, 2.75) is 25.1 Å². The Morgan fingerprint density at radius 1 is 1.44 bits per heavy atom. The fraction of sp³-hybridized carbons (Fsp3) is 0.462. The van der Waals surface area contributed by atoms with E-state index in [-0.39, 0.29) is 12.5 Å². The molecular formula is C13H19NO3S. The lowest BCUT2D eigenvalue weighted by Crippen LogP contribution is -2.46. The van der Waals surface area contributed by atoms with Crippen molar-refractivity contribution in [3.05, 3.63) is 35.4 Å². The number of nitrogens with one attached hydrogen (secondary N) is 1. The molecule has 5 heteroatoms. The second kappa shape index (κ2) is 6.11. The third-order valence-electron chi connectivity index (χ3n) is 2.41. The minimum atomic E-state index is -0.930. The SMILES string of the molecule is CS(=O)Cc1cccc(C(=O)NC(C)(C)CO)c1. The molecule has 0 aliphatic heterocycles. The van der Waals surface area contributed by atoms with Crippen LogP contribution in [0, 0.1) is 0 Å². The van der Waals surface area contributed by atoms with Crippen LogP contribution >= 0.6 is 0 Å². The molecule has 100 valence electrons. The lowest BCUT2D eigenvalue weighted by Gasteiger charge is -2.23. The van der Waals surface area contributed by atoms with E-state index in [0.29, 0.717) is 11.3 Å². The summed E-state index contributed by atoms with van der Waals surface area (Å²) in [5.41, 5.74) is 0.727. The van der Waals surface area contributed by atoms with Gasteiger partial charge in [0.25, 0.3) is 5.91 Å². The maximum Gasteiger partial charge on any atom is 0.251 e. The summed E-state index contributed by atoms with van der Waals surface area (Å²) < 4.78 is 11.1. The Morgan fingerprint density at radius 2 is 2.11 bits per heavy atom. The smallest absolute Gasteiger partial charge is 0.251 e. The molecule has 0 heterocycles. The molecule has 0 fully saturated rings. The highest BCUT2D eigenvalue weighted by atomic mass is 32.2. The van der Waals surface area contributed by atoms with Crippen molar-refractivity contribution in [2.24, 2.45) is 0 Å². The Morgan fingerprint density at radius 3 is 2.67 bits per heavy atom. The molecule has 0 aromatic heterocycles. The maximum absolute atomic E-state index is 12.0. The second-order valence-electron chi connectivity index (χ2n) is 4.91. The zero-order valence-electron chi connectivity index (χ0n) is 10.9. The molecule has 1 aromatic rings. The van der Waals surface area contributed by atoms with Crippen LogP contribution in [0.2, 0.25) is 0 Å². The van der Waals surface area contributed by atoms with Gasteiger partial charge in [-0.2, -0.15) is 0 Å². The van der Waals surface area contributed by atoms with Crippen molar-refractivity contribution in [3.8, 4) is 0 Å². The Kier molecular flexibility index (Phi) is 5.04. The Labute approximate surface area is 110 Å². The number of aliphatic hydroxyl groups excluding tert-OH is 1. The van der Waals surface area contributed by atoms with Gasteiger partial charge in [0.15, 0.2) is 0 Å². The van der Waals surface area contributed by atoms with E-state index in [1.54, 1.807) is 38.3 Å². The van der Waals surface area contributed by atoms with Crippen molar-refractivity contribution in [3.63, 3.8) is 0 Å². The Balaban J connectivity index is 2.83. The van der Waals surface area contributed by atoms with E-state index < -0.39 is 16.3 Å². The summed E-state index contributed by atoms with van der Waals surface area (Å²) in [6.07, 6.45) is 1.63. The molecule has 0 saturated heterocycles. The van der Waals surface area contributed by atoms with Gasteiger partial charge in [-0.1, -0.05) is 12.1 Å². The topological polar surface area (TPSA) is 66.4 Å². The van der Waals surface area contributed by atoms with Crippen LogP contribution in [0.3, 0.4) is 0 Å². The minimum absolute atomic E-state index is 0.128. The number of hydrogen-bond donors (Lipinski definition) is 2. The first-order chi connectivity index (χ1) is 8.34. The van der Waals surface area contributed by atoms with Crippen LogP contribution in [0.4, 0.5) is 0 Å². The summed E-state index contributed by atoms with van der Waals surface area (Å²) in [4.78, 5) is 12.0. The number of carbonyl (C=O) groups is 1. The van der Waals surface area contributed by atoms with Crippen molar-refractivity contribution in [1.82, 2.24) is 5.32 Å². The van der Waals surface area contributed by atoms with Gasteiger partial charge in [-0.05, 0) is 31.5 Å². The molecule has 0 bridgehead atoms. The van der Waals surface area contributed by atoms with Gasteiger partial charge >= 0.3 is 0 Å². The second-order valence-corrected chi connectivity index (χ2v) is 6.35. The third kappa shape index (κ3) is 4.58. The van der Waals surface area contributed by atoms with E-state index in [0.717, 1.165) is 5.56 Å². The fourth-order valence-electron chi connectivity index (χ4n) is 1.46. The number of benzene rings is 1. The molecule has 4 nitrogen and oxygen atoms in total. The molecule has 0 saturated carbocycles. The first-order valence-corrected chi connectivity index (χ1v) is 7.39. The lowest BCUT2D eigenvalue weighted by atomic mass is 10.1. The van der Waals surface area contributed by atoms with E-state index in [9.17, 15) is 9.00 Å². The zero-order chi connectivity index (χ0) is 13.8. The van der Waals surface area contributed by atoms with Crippen molar-refractivity contribution in [2.75, 3.05) is 12.9 Å². The predicted octanol–water partition coefficient (Wildman–Crippen LogP) is 1.07. The summed E-state index contributed by atoms with van der Waals surface area (Å²) in [6.45, 7) is 3.36. The molecule has 1 aromatic carbocycles. The van der Waals surface area contributed by atoms with E-state index in [2.05, 4.69) is 5.32 Å². The first kappa shape index (κ1) is 14.9. The Bertz CT molecular complexity index is 457.